The van der Waals surface area contributed by atoms with Crippen LogP contribution in [0.25, 0.3) is 17.1 Å². The maximum Gasteiger partial charge on any atom is 0.255 e. The van der Waals surface area contributed by atoms with Gasteiger partial charge in [0.05, 0.1) is 23.0 Å². The number of fused-ring (bicyclic) bond motifs is 1. The normalized spacial score (nSPS) is 12.1. The van der Waals surface area contributed by atoms with E-state index < -0.39 is 10.0 Å². The smallest absolute Gasteiger partial charge is 0.255 e. The number of aromatic nitrogens is 3. The number of nitrogens with one attached hydrogen (secondary N) is 1. The van der Waals surface area contributed by atoms with Crippen LogP contribution in [0.1, 0.15) is 11.3 Å². The van der Waals surface area contributed by atoms with E-state index in [0.29, 0.717) is 11.3 Å². The second-order valence-electron chi connectivity index (χ2n) is 5.16. The molecular formula is C16H16N4O2S. The van der Waals surface area contributed by atoms with E-state index in [4.69, 9.17) is 0 Å². The third-order valence-corrected chi connectivity index (χ3v) is 4.38. The molecule has 2 heterocycles. The number of rotatable bonds is 4. The van der Waals surface area contributed by atoms with Crippen molar-refractivity contribution in [2.45, 2.75) is 6.92 Å². The Labute approximate surface area is 134 Å². The molecule has 1 aromatic carbocycles. The van der Waals surface area contributed by atoms with Gasteiger partial charge in [0, 0.05) is 12.4 Å². The Morgan fingerprint density at radius 2 is 1.96 bits per heavy atom. The molecule has 6 nitrogen and oxygen atoms in total. The molecule has 0 unspecified atom stereocenters. The van der Waals surface area contributed by atoms with Crippen LogP contribution in [0.4, 0.5) is 5.69 Å². The molecule has 0 spiro atoms. The van der Waals surface area contributed by atoms with Gasteiger partial charge in [-0.2, -0.15) is 5.10 Å². The molecule has 1 N–H and O–H groups in total. The molecule has 3 aromatic rings. The summed E-state index contributed by atoms with van der Waals surface area (Å²) in [4.78, 5) is 4.25. The van der Waals surface area contributed by atoms with E-state index in [1.807, 2.05) is 37.3 Å². The first-order chi connectivity index (χ1) is 10.9. The van der Waals surface area contributed by atoms with Gasteiger partial charge in [0.2, 0.25) is 0 Å². The largest absolute Gasteiger partial charge is 0.279 e. The van der Waals surface area contributed by atoms with Gasteiger partial charge in [-0.15, -0.1) is 0 Å². The van der Waals surface area contributed by atoms with Crippen molar-refractivity contribution in [1.82, 2.24) is 14.8 Å². The number of sulfonamides is 1. The average Bonchev–Trinajstić information content (AvgIpc) is 2.80. The molecule has 2 aromatic heterocycles. The maximum atomic E-state index is 12.2. The van der Waals surface area contributed by atoms with Crippen LogP contribution in [0.3, 0.4) is 0 Å². The van der Waals surface area contributed by atoms with Crippen molar-refractivity contribution >= 4 is 32.8 Å². The summed E-state index contributed by atoms with van der Waals surface area (Å²) in [5.74, 6) is 0. The van der Waals surface area contributed by atoms with Gasteiger partial charge in [0.25, 0.3) is 10.0 Å². The number of hydrogen-bond acceptors (Lipinski definition) is 4. The molecule has 0 aliphatic rings. The topological polar surface area (TPSA) is 76.9 Å². The van der Waals surface area contributed by atoms with Crippen molar-refractivity contribution in [3.63, 3.8) is 0 Å². The number of hydrogen-bond donors (Lipinski definition) is 1. The molecular weight excluding hydrogens is 312 g/mol. The van der Waals surface area contributed by atoms with Gasteiger partial charge in [-0.3, -0.25) is 9.40 Å². The van der Waals surface area contributed by atoms with E-state index in [1.54, 1.807) is 23.9 Å². The Kier molecular flexibility index (Phi) is 3.87. The highest BCUT2D eigenvalue weighted by Crippen LogP contribution is 2.20. The monoisotopic (exact) mass is 328 g/mol. The van der Waals surface area contributed by atoms with Gasteiger partial charge in [0.1, 0.15) is 0 Å². The Bertz CT molecular complexity index is 976. The van der Waals surface area contributed by atoms with Gasteiger partial charge in [-0.1, -0.05) is 30.3 Å². The summed E-state index contributed by atoms with van der Waals surface area (Å²) < 4.78 is 28.5. The van der Waals surface area contributed by atoms with Gasteiger partial charge >= 0.3 is 0 Å². The van der Waals surface area contributed by atoms with Crippen molar-refractivity contribution in [3.05, 3.63) is 59.3 Å². The highest BCUT2D eigenvalue weighted by molar-refractivity contribution is 7.95. The van der Waals surface area contributed by atoms with Gasteiger partial charge < -0.3 is 0 Å². The highest BCUT2D eigenvalue weighted by Gasteiger charge is 2.10. The zero-order valence-electron chi connectivity index (χ0n) is 12.8. The first kappa shape index (κ1) is 15.2. The van der Waals surface area contributed by atoms with Crippen LogP contribution in [0.2, 0.25) is 0 Å². The molecule has 23 heavy (non-hydrogen) atoms. The molecule has 0 atom stereocenters. The standard InChI is InChI=1S/C16H16N4O2S/c1-12-15-10-14(11-17-16(15)20(2)18-12)19-23(21,22)9-8-13-6-4-3-5-7-13/h3-11,19H,1-2H3/b9-8+. The third-order valence-electron chi connectivity index (χ3n) is 3.36. The minimum atomic E-state index is -3.61. The Balaban J connectivity index is 1.86. The van der Waals surface area contributed by atoms with Crippen molar-refractivity contribution < 1.29 is 8.42 Å². The van der Waals surface area contributed by atoms with Crippen LogP contribution in [-0.4, -0.2) is 23.2 Å². The lowest BCUT2D eigenvalue weighted by atomic mass is 10.2. The zero-order valence-corrected chi connectivity index (χ0v) is 13.6. The molecule has 0 saturated carbocycles. The van der Waals surface area contributed by atoms with E-state index in [1.165, 1.54) is 6.20 Å². The van der Waals surface area contributed by atoms with Crippen molar-refractivity contribution in [2.24, 2.45) is 7.05 Å². The van der Waals surface area contributed by atoms with Crippen LogP contribution < -0.4 is 4.72 Å². The Morgan fingerprint density at radius 3 is 2.70 bits per heavy atom. The Hall–Kier alpha value is -2.67. The number of pyridine rings is 1. The van der Waals surface area contributed by atoms with Gasteiger partial charge in [-0.05, 0) is 24.6 Å². The minimum absolute atomic E-state index is 0.409. The second-order valence-corrected chi connectivity index (χ2v) is 6.73. The molecule has 0 fully saturated rings. The molecule has 0 aliphatic heterocycles. The molecule has 3 rings (SSSR count). The molecule has 0 bridgehead atoms. The van der Waals surface area contributed by atoms with Crippen LogP contribution in [0.5, 0.6) is 0 Å². The molecule has 0 saturated heterocycles. The lowest BCUT2D eigenvalue weighted by molar-refractivity contribution is 0.609. The van der Waals surface area contributed by atoms with Gasteiger partial charge in [0.15, 0.2) is 5.65 Å². The first-order valence-electron chi connectivity index (χ1n) is 7.00. The fraction of sp³-hybridized carbons (Fsp3) is 0.125. The minimum Gasteiger partial charge on any atom is -0.279 e. The average molecular weight is 328 g/mol. The lowest BCUT2D eigenvalue weighted by Crippen LogP contribution is -2.09. The summed E-state index contributed by atoms with van der Waals surface area (Å²) in [5, 5.41) is 6.23. The summed E-state index contributed by atoms with van der Waals surface area (Å²) in [5.41, 5.74) is 2.74. The number of anilines is 1. The zero-order chi connectivity index (χ0) is 16.4. The maximum absolute atomic E-state index is 12.2. The molecule has 7 heteroatoms. The van der Waals surface area contributed by atoms with Crippen molar-refractivity contribution in [1.29, 1.82) is 0 Å². The van der Waals surface area contributed by atoms with E-state index in [-0.39, 0.29) is 0 Å². The fourth-order valence-electron chi connectivity index (χ4n) is 2.29. The Morgan fingerprint density at radius 1 is 1.22 bits per heavy atom. The fourth-order valence-corrected chi connectivity index (χ4v) is 3.14. The van der Waals surface area contributed by atoms with Crippen LogP contribution in [-0.2, 0) is 17.1 Å². The van der Waals surface area contributed by atoms with Crippen LogP contribution in [0.15, 0.2) is 48.0 Å². The number of aryl methyl sites for hydroxylation is 2. The molecule has 0 radical (unpaired) electrons. The summed E-state index contributed by atoms with van der Waals surface area (Å²) in [6.45, 7) is 1.86. The molecule has 0 amide bonds. The summed E-state index contributed by atoms with van der Waals surface area (Å²) in [6.07, 6.45) is 3.03. The third kappa shape index (κ3) is 3.40. The summed E-state index contributed by atoms with van der Waals surface area (Å²) >= 11 is 0. The molecule has 118 valence electrons. The van der Waals surface area contributed by atoms with E-state index in [0.717, 1.165) is 22.1 Å². The van der Waals surface area contributed by atoms with Crippen molar-refractivity contribution in [2.75, 3.05) is 4.72 Å². The predicted octanol–water partition coefficient (Wildman–Crippen LogP) is 2.69. The summed E-state index contributed by atoms with van der Waals surface area (Å²) in [6, 6.07) is 11.0. The highest BCUT2D eigenvalue weighted by atomic mass is 32.2. The lowest BCUT2D eigenvalue weighted by Gasteiger charge is -2.04. The van der Waals surface area contributed by atoms with E-state index in [2.05, 4.69) is 14.8 Å². The van der Waals surface area contributed by atoms with E-state index in [9.17, 15) is 8.42 Å². The SMILES string of the molecule is Cc1nn(C)c2ncc(NS(=O)(=O)/C=C/c3ccccc3)cc12. The summed E-state index contributed by atoms with van der Waals surface area (Å²) in [7, 11) is -1.80. The second kappa shape index (κ2) is 5.85. The van der Waals surface area contributed by atoms with E-state index >= 15 is 0 Å². The van der Waals surface area contributed by atoms with Crippen molar-refractivity contribution in [3.8, 4) is 0 Å². The van der Waals surface area contributed by atoms with Crippen LogP contribution in [0, 0.1) is 6.92 Å². The van der Waals surface area contributed by atoms with Crippen LogP contribution >= 0.6 is 0 Å². The quantitative estimate of drug-likeness (QED) is 0.799. The van der Waals surface area contributed by atoms with Gasteiger partial charge in [-0.25, -0.2) is 13.4 Å². The number of benzene rings is 1. The first-order valence-corrected chi connectivity index (χ1v) is 8.54. The molecule has 0 aliphatic carbocycles. The predicted molar refractivity (Wildman–Crippen MR) is 91.3 cm³/mol. The number of nitrogens with zero attached hydrogens (tertiary/aromatic N) is 3.